The molecule has 1 aromatic carbocycles. The molecule has 1 nitrogen and oxygen atoms in total. The molecule has 0 bridgehead atoms. The van der Waals surface area contributed by atoms with Crippen LogP contribution in [0.1, 0.15) is 50.7 Å². The van der Waals surface area contributed by atoms with E-state index in [4.69, 9.17) is 0 Å². The Bertz CT molecular complexity index is 368. The van der Waals surface area contributed by atoms with Gasteiger partial charge in [0.1, 0.15) is 0 Å². The molecule has 0 heterocycles. The summed E-state index contributed by atoms with van der Waals surface area (Å²) in [4.78, 5) is 0. The van der Waals surface area contributed by atoms with E-state index in [1.54, 1.807) is 0 Å². The van der Waals surface area contributed by atoms with Crippen LogP contribution in [0, 0.1) is 12.8 Å². The molecule has 1 saturated carbocycles. The van der Waals surface area contributed by atoms with Gasteiger partial charge >= 0.3 is 0 Å². The highest BCUT2D eigenvalue weighted by Gasteiger charge is 2.23. The van der Waals surface area contributed by atoms with Crippen molar-refractivity contribution in [3.63, 3.8) is 0 Å². The van der Waals surface area contributed by atoms with E-state index < -0.39 is 0 Å². The molecule has 2 atom stereocenters. The van der Waals surface area contributed by atoms with Gasteiger partial charge in [0.25, 0.3) is 0 Å². The van der Waals surface area contributed by atoms with Crippen molar-refractivity contribution in [2.24, 2.45) is 5.92 Å². The molecule has 0 aromatic heterocycles. The lowest BCUT2D eigenvalue weighted by Gasteiger charge is -2.20. The summed E-state index contributed by atoms with van der Waals surface area (Å²) in [5.74, 6) is 1.02. The third-order valence-corrected chi connectivity index (χ3v) is 3.90. The van der Waals surface area contributed by atoms with E-state index in [2.05, 4.69) is 50.4 Å². The lowest BCUT2D eigenvalue weighted by atomic mass is 10.0. The Morgan fingerprint density at radius 2 is 2.00 bits per heavy atom. The highest BCUT2D eigenvalue weighted by atomic mass is 14.9. The van der Waals surface area contributed by atoms with Crippen molar-refractivity contribution < 1.29 is 0 Å². The summed E-state index contributed by atoms with van der Waals surface area (Å²) < 4.78 is 0. The SMILES string of the molecule is Cc1cccc(CCC(C)NC(C)CC2CC2)c1. The first kappa shape index (κ1) is 13.6. The van der Waals surface area contributed by atoms with Crippen LogP contribution in [0.15, 0.2) is 24.3 Å². The highest BCUT2D eigenvalue weighted by Crippen LogP contribution is 2.33. The Labute approximate surface area is 112 Å². The summed E-state index contributed by atoms with van der Waals surface area (Å²) in [6.45, 7) is 6.82. The standard InChI is InChI=1S/C17H27N/c1-13-5-4-6-16(11-13)8-7-14(2)18-15(3)12-17-9-10-17/h4-6,11,14-15,17-18H,7-10,12H2,1-3H3. The van der Waals surface area contributed by atoms with Crippen molar-refractivity contribution in [3.05, 3.63) is 35.4 Å². The fourth-order valence-corrected chi connectivity index (χ4v) is 2.74. The smallest absolute Gasteiger partial charge is 0.00443 e. The Balaban J connectivity index is 1.68. The molecule has 2 rings (SSSR count). The van der Waals surface area contributed by atoms with E-state index in [0.717, 1.165) is 5.92 Å². The third kappa shape index (κ3) is 4.81. The van der Waals surface area contributed by atoms with Gasteiger partial charge in [-0.05, 0) is 51.5 Å². The van der Waals surface area contributed by atoms with E-state index >= 15 is 0 Å². The minimum absolute atomic E-state index is 0.624. The first-order valence-corrected chi connectivity index (χ1v) is 7.45. The zero-order valence-electron chi connectivity index (χ0n) is 12.1. The van der Waals surface area contributed by atoms with Gasteiger partial charge in [0, 0.05) is 12.1 Å². The van der Waals surface area contributed by atoms with Gasteiger partial charge in [0.05, 0.1) is 0 Å². The fraction of sp³-hybridized carbons (Fsp3) is 0.647. The molecule has 1 fully saturated rings. The largest absolute Gasteiger partial charge is 0.312 e. The van der Waals surface area contributed by atoms with Gasteiger partial charge < -0.3 is 5.32 Å². The summed E-state index contributed by atoms with van der Waals surface area (Å²) in [5, 5.41) is 3.74. The Hall–Kier alpha value is -0.820. The fourth-order valence-electron chi connectivity index (χ4n) is 2.74. The maximum atomic E-state index is 3.74. The van der Waals surface area contributed by atoms with Crippen molar-refractivity contribution in [3.8, 4) is 0 Å². The summed E-state index contributed by atoms with van der Waals surface area (Å²) in [7, 11) is 0. The lowest BCUT2D eigenvalue weighted by Crippen LogP contribution is -2.35. The number of hydrogen-bond donors (Lipinski definition) is 1. The predicted octanol–water partition coefficient (Wildman–Crippen LogP) is 4.09. The number of nitrogens with one attached hydrogen (secondary N) is 1. The number of rotatable bonds is 7. The second-order valence-electron chi connectivity index (χ2n) is 6.18. The molecule has 0 amide bonds. The Morgan fingerprint density at radius 1 is 1.22 bits per heavy atom. The summed E-state index contributed by atoms with van der Waals surface area (Å²) >= 11 is 0. The first-order chi connectivity index (χ1) is 8.63. The van der Waals surface area contributed by atoms with Crippen LogP contribution >= 0.6 is 0 Å². The molecule has 0 aliphatic heterocycles. The van der Waals surface area contributed by atoms with Crippen LogP contribution in [0.5, 0.6) is 0 Å². The average Bonchev–Trinajstić information content (AvgIpc) is 3.10. The maximum absolute atomic E-state index is 3.74. The molecule has 1 aliphatic carbocycles. The van der Waals surface area contributed by atoms with Gasteiger partial charge in [-0.15, -0.1) is 0 Å². The highest BCUT2D eigenvalue weighted by molar-refractivity contribution is 5.22. The van der Waals surface area contributed by atoms with Crippen LogP contribution in [0.2, 0.25) is 0 Å². The zero-order chi connectivity index (χ0) is 13.0. The second kappa shape index (κ2) is 6.38. The molecule has 0 radical (unpaired) electrons. The second-order valence-corrected chi connectivity index (χ2v) is 6.18. The van der Waals surface area contributed by atoms with Gasteiger partial charge in [-0.3, -0.25) is 0 Å². The molecule has 0 saturated heterocycles. The van der Waals surface area contributed by atoms with Gasteiger partial charge in [-0.1, -0.05) is 42.7 Å². The Morgan fingerprint density at radius 3 is 2.67 bits per heavy atom. The number of hydrogen-bond acceptors (Lipinski definition) is 1. The van der Waals surface area contributed by atoms with Crippen molar-refractivity contribution in [1.82, 2.24) is 5.32 Å². The molecule has 0 spiro atoms. The van der Waals surface area contributed by atoms with Gasteiger partial charge in [0.15, 0.2) is 0 Å². The molecule has 1 aromatic rings. The Kier molecular flexibility index (Phi) is 4.82. The van der Waals surface area contributed by atoms with Gasteiger partial charge in [0.2, 0.25) is 0 Å². The quantitative estimate of drug-likeness (QED) is 0.763. The average molecular weight is 245 g/mol. The van der Waals surface area contributed by atoms with Crippen molar-refractivity contribution >= 4 is 0 Å². The monoisotopic (exact) mass is 245 g/mol. The minimum atomic E-state index is 0.624. The van der Waals surface area contributed by atoms with Crippen LogP contribution in [-0.4, -0.2) is 12.1 Å². The van der Waals surface area contributed by atoms with Crippen molar-refractivity contribution in [1.29, 1.82) is 0 Å². The van der Waals surface area contributed by atoms with E-state index in [1.165, 1.54) is 43.2 Å². The molecule has 2 unspecified atom stereocenters. The molecule has 1 aliphatic rings. The molecule has 1 heteroatoms. The third-order valence-electron chi connectivity index (χ3n) is 3.90. The van der Waals surface area contributed by atoms with Gasteiger partial charge in [-0.25, -0.2) is 0 Å². The molecular formula is C17H27N. The first-order valence-electron chi connectivity index (χ1n) is 7.45. The summed E-state index contributed by atoms with van der Waals surface area (Å²) in [5.41, 5.74) is 2.84. The van der Waals surface area contributed by atoms with Crippen molar-refractivity contribution in [2.45, 2.75) is 65.0 Å². The van der Waals surface area contributed by atoms with Crippen LogP contribution in [0.25, 0.3) is 0 Å². The molecule has 1 N–H and O–H groups in total. The van der Waals surface area contributed by atoms with Crippen LogP contribution in [0.4, 0.5) is 0 Å². The summed E-state index contributed by atoms with van der Waals surface area (Å²) in [6, 6.07) is 10.2. The summed E-state index contributed by atoms with van der Waals surface area (Å²) in [6.07, 6.45) is 6.71. The van der Waals surface area contributed by atoms with E-state index in [9.17, 15) is 0 Å². The lowest BCUT2D eigenvalue weighted by molar-refractivity contribution is 0.415. The minimum Gasteiger partial charge on any atom is -0.312 e. The normalized spacial score (nSPS) is 18.6. The molecule has 18 heavy (non-hydrogen) atoms. The number of benzene rings is 1. The van der Waals surface area contributed by atoms with E-state index in [1.807, 2.05) is 0 Å². The topological polar surface area (TPSA) is 12.0 Å². The maximum Gasteiger partial charge on any atom is 0.00443 e. The van der Waals surface area contributed by atoms with Crippen LogP contribution < -0.4 is 5.32 Å². The van der Waals surface area contributed by atoms with E-state index in [0.29, 0.717) is 12.1 Å². The van der Waals surface area contributed by atoms with Crippen molar-refractivity contribution in [2.75, 3.05) is 0 Å². The number of aryl methyl sites for hydroxylation is 2. The molecular weight excluding hydrogens is 218 g/mol. The van der Waals surface area contributed by atoms with Crippen LogP contribution in [0.3, 0.4) is 0 Å². The molecule has 100 valence electrons. The zero-order valence-corrected chi connectivity index (χ0v) is 12.1. The predicted molar refractivity (Wildman–Crippen MR) is 78.9 cm³/mol. The van der Waals surface area contributed by atoms with Crippen LogP contribution in [-0.2, 0) is 6.42 Å². The van der Waals surface area contributed by atoms with E-state index in [-0.39, 0.29) is 0 Å². The van der Waals surface area contributed by atoms with Gasteiger partial charge in [-0.2, -0.15) is 0 Å².